The molecule has 0 aromatic carbocycles. The average Bonchev–Trinajstić information content (AvgIpc) is 2.43. The maximum atomic E-state index is 9.45. The molecule has 0 saturated heterocycles. The third kappa shape index (κ3) is 7.74. The van der Waals surface area contributed by atoms with Gasteiger partial charge in [-0.05, 0) is 31.3 Å². The standard InChI is InChI=1S/C18H32O2/c1-16-15-18(20)13-12-17(16)11-9-7-5-3-2-4-6-8-10-14-19/h12-13,16,19-20H,2-11,14-15H2,1H3. The number of allylic oxidation sites excluding steroid dienone is 4. The highest BCUT2D eigenvalue weighted by Crippen LogP contribution is 2.27. The van der Waals surface area contributed by atoms with E-state index in [2.05, 4.69) is 13.0 Å². The summed E-state index contributed by atoms with van der Waals surface area (Å²) >= 11 is 0. The number of aliphatic hydroxyl groups excluding tert-OH is 2. The van der Waals surface area contributed by atoms with Crippen LogP contribution in [-0.2, 0) is 0 Å². The number of aliphatic hydroxyl groups is 2. The maximum absolute atomic E-state index is 9.45. The molecule has 1 rings (SSSR count). The van der Waals surface area contributed by atoms with Crippen LogP contribution in [0.5, 0.6) is 0 Å². The zero-order chi connectivity index (χ0) is 14.6. The van der Waals surface area contributed by atoms with Crippen molar-refractivity contribution >= 4 is 0 Å². The van der Waals surface area contributed by atoms with E-state index in [9.17, 15) is 5.11 Å². The van der Waals surface area contributed by atoms with Crippen LogP contribution in [0.25, 0.3) is 0 Å². The minimum Gasteiger partial charge on any atom is -0.512 e. The summed E-state index contributed by atoms with van der Waals surface area (Å²) in [5.74, 6) is 1.05. The van der Waals surface area contributed by atoms with Crippen molar-refractivity contribution in [3.63, 3.8) is 0 Å². The summed E-state index contributed by atoms with van der Waals surface area (Å²) in [6, 6.07) is 0. The van der Waals surface area contributed by atoms with Crippen molar-refractivity contribution < 1.29 is 10.2 Å². The van der Waals surface area contributed by atoms with Gasteiger partial charge < -0.3 is 10.2 Å². The van der Waals surface area contributed by atoms with Gasteiger partial charge in [0.15, 0.2) is 0 Å². The van der Waals surface area contributed by atoms with Crippen LogP contribution in [0.1, 0.15) is 77.6 Å². The van der Waals surface area contributed by atoms with Crippen molar-refractivity contribution in [2.75, 3.05) is 6.61 Å². The molecule has 0 radical (unpaired) electrons. The van der Waals surface area contributed by atoms with Gasteiger partial charge in [0.1, 0.15) is 0 Å². The minimum absolute atomic E-state index is 0.348. The third-order valence-electron chi connectivity index (χ3n) is 4.26. The SMILES string of the molecule is CC1CC(O)=CC=C1CCCCCCCCCCCO. The van der Waals surface area contributed by atoms with Gasteiger partial charge in [0, 0.05) is 13.0 Å². The molecule has 1 aliphatic carbocycles. The van der Waals surface area contributed by atoms with Crippen LogP contribution in [0.4, 0.5) is 0 Å². The maximum Gasteiger partial charge on any atom is 0.0928 e. The molecule has 1 unspecified atom stereocenters. The summed E-state index contributed by atoms with van der Waals surface area (Å²) in [6.45, 7) is 2.56. The highest BCUT2D eigenvalue weighted by atomic mass is 16.3. The van der Waals surface area contributed by atoms with Crippen LogP contribution in [0.3, 0.4) is 0 Å². The number of unbranched alkanes of at least 4 members (excludes halogenated alkanes) is 8. The van der Waals surface area contributed by atoms with E-state index in [0.29, 0.717) is 18.3 Å². The van der Waals surface area contributed by atoms with Gasteiger partial charge >= 0.3 is 0 Å². The van der Waals surface area contributed by atoms with Crippen LogP contribution in [0, 0.1) is 5.92 Å². The van der Waals surface area contributed by atoms with Crippen molar-refractivity contribution in [3.05, 3.63) is 23.5 Å². The topological polar surface area (TPSA) is 40.5 Å². The summed E-state index contributed by atoms with van der Waals surface area (Å²) < 4.78 is 0. The molecule has 0 aromatic rings. The molecule has 20 heavy (non-hydrogen) atoms. The zero-order valence-corrected chi connectivity index (χ0v) is 13.1. The van der Waals surface area contributed by atoms with Crippen LogP contribution in [0.2, 0.25) is 0 Å². The normalized spacial score (nSPS) is 18.8. The molecule has 0 amide bonds. The Morgan fingerprint density at radius 2 is 1.45 bits per heavy atom. The van der Waals surface area contributed by atoms with Gasteiger partial charge in [0.05, 0.1) is 5.76 Å². The molecule has 0 spiro atoms. The van der Waals surface area contributed by atoms with E-state index in [1.54, 1.807) is 0 Å². The van der Waals surface area contributed by atoms with Crippen LogP contribution >= 0.6 is 0 Å². The van der Waals surface area contributed by atoms with E-state index in [-0.39, 0.29) is 0 Å². The highest BCUT2D eigenvalue weighted by Gasteiger charge is 2.13. The predicted octanol–water partition coefficient (Wildman–Crippen LogP) is 5.29. The smallest absolute Gasteiger partial charge is 0.0928 e. The molecule has 1 aliphatic rings. The van der Waals surface area contributed by atoms with Gasteiger partial charge in [0.25, 0.3) is 0 Å². The lowest BCUT2D eigenvalue weighted by Gasteiger charge is -2.19. The molecule has 0 aromatic heterocycles. The lowest BCUT2D eigenvalue weighted by Crippen LogP contribution is -2.05. The second-order valence-electron chi connectivity index (χ2n) is 6.16. The van der Waals surface area contributed by atoms with Gasteiger partial charge in [-0.25, -0.2) is 0 Å². The van der Waals surface area contributed by atoms with E-state index in [4.69, 9.17) is 5.11 Å². The van der Waals surface area contributed by atoms with Crippen molar-refractivity contribution in [3.8, 4) is 0 Å². The predicted molar refractivity (Wildman–Crippen MR) is 85.8 cm³/mol. The molecule has 1 atom stereocenters. The molecule has 0 saturated carbocycles. The minimum atomic E-state index is 0.348. The van der Waals surface area contributed by atoms with Gasteiger partial charge in [-0.2, -0.15) is 0 Å². The first-order valence-electron chi connectivity index (χ1n) is 8.43. The summed E-state index contributed by atoms with van der Waals surface area (Å²) in [7, 11) is 0. The van der Waals surface area contributed by atoms with Gasteiger partial charge in [-0.15, -0.1) is 0 Å². The Hall–Kier alpha value is -0.760. The third-order valence-corrected chi connectivity index (χ3v) is 4.26. The summed E-state index contributed by atoms with van der Waals surface area (Å²) in [4.78, 5) is 0. The van der Waals surface area contributed by atoms with Gasteiger partial charge in [-0.3, -0.25) is 0 Å². The van der Waals surface area contributed by atoms with E-state index in [1.165, 1.54) is 63.4 Å². The molecule has 2 nitrogen and oxygen atoms in total. The number of rotatable bonds is 11. The molecule has 0 heterocycles. The van der Waals surface area contributed by atoms with Crippen molar-refractivity contribution in [2.24, 2.45) is 5.92 Å². The molecule has 0 bridgehead atoms. The average molecular weight is 280 g/mol. The van der Waals surface area contributed by atoms with Crippen molar-refractivity contribution in [1.29, 1.82) is 0 Å². The van der Waals surface area contributed by atoms with Gasteiger partial charge in [-0.1, -0.05) is 63.5 Å². The highest BCUT2D eigenvalue weighted by molar-refractivity contribution is 5.22. The first-order chi connectivity index (χ1) is 9.74. The molecule has 116 valence electrons. The molecule has 0 fully saturated rings. The Kier molecular flexibility index (Phi) is 9.48. The molecule has 2 heteroatoms. The van der Waals surface area contributed by atoms with Crippen LogP contribution in [0.15, 0.2) is 23.5 Å². The first kappa shape index (κ1) is 17.3. The Morgan fingerprint density at radius 3 is 2.00 bits per heavy atom. The second kappa shape index (κ2) is 11.0. The Balaban J connectivity index is 1.92. The zero-order valence-electron chi connectivity index (χ0n) is 13.1. The fourth-order valence-corrected chi connectivity index (χ4v) is 2.89. The van der Waals surface area contributed by atoms with Crippen molar-refractivity contribution in [2.45, 2.75) is 77.6 Å². The largest absolute Gasteiger partial charge is 0.512 e. The quantitative estimate of drug-likeness (QED) is 0.505. The van der Waals surface area contributed by atoms with Crippen LogP contribution < -0.4 is 0 Å². The fraction of sp³-hybridized carbons (Fsp3) is 0.778. The van der Waals surface area contributed by atoms with Crippen LogP contribution in [-0.4, -0.2) is 16.8 Å². The van der Waals surface area contributed by atoms with Gasteiger partial charge in [0.2, 0.25) is 0 Å². The van der Waals surface area contributed by atoms with E-state index in [1.807, 2.05) is 6.08 Å². The number of hydrogen-bond acceptors (Lipinski definition) is 2. The lowest BCUT2D eigenvalue weighted by molar-refractivity contribution is 0.282. The monoisotopic (exact) mass is 280 g/mol. The molecular formula is C18H32O2. The molecular weight excluding hydrogens is 248 g/mol. The van der Waals surface area contributed by atoms with Crippen molar-refractivity contribution in [1.82, 2.24) is 0 Å². The summed E-state index contributed by atoms with van der Waals surface area (Å²) in [5.41, 5.74) is 1.51. The molecule has 0 aliphatic heterocycles. The Morgan fingerprint density at radius 1 is 0.900 bits per heavy atom. The Labute approximate surface area is 124 Å². The van der Waals surface area contributed by atoms with E-state index in [0.717, 1.165) is 12.8 Å². The van der Waals surface area contributed by atoms with E-state index < -0.39 is 0 Å². The summed E-state index contributed by atoms with van der Waals surface area (Å²) in [5, 5.41) is 18.1. The summed E-state index contributed by atoms with van der Waals surface area (Å²) in [6.07, 6.45) is 17.4. The number of hydrogen-bond donors (Lipinski definition) is 2. The lowest BCUT2D eigenvalue weighted by atomic mass is 9.88. The van der Waals surface area contributed by atoms with E-state index >= 15 is 0 Å². The molecule has 2 N–H and O–H groups in total. The Bertz CT molecular complexity index is 305. The fourth-order valence-electron chi connectivity index (χ4n) is 2.89. The second-order valence-corrected chi connectivity index (χ2v) is 6.16. The first-order valence-corrected chi connectivity index (χ1v) is 8.43.